The van der Waals surface area contributed by atoms with E-state index in [1.807, 2.05) is 20.0 Å². The number of hydrogen-bond acceptors (Lipinski definition) is 4. The van der Waals surface area contributed by atoms with E-state index in [4.69, 9.17) is 0 Å². The van der Waals surface area contributed by atoms with Gasteiger partial charge >= 0.3 is 6.03 Å². The molecule has 0 bridgehead atoms. The van der Waals surface area contributed by atoms with E-state index < -0.39 is 0 Å². The maximum atomic E-state index is 12.1. The molecule has 0 aliphatic carbocycles. The van der Waals surface area contributed by atoms with E-state index in [0.29, 0.717) is 18.2 Å². The molecule has 1 aliphatic heterocycles. The number of likely N-dealkylation sites (tertiary alicyclic amines) is 1. The normalized spacial score (nSPS) is 18.5. The molecular formula is C16H24N6O. The summed E-state index contributed by atoms with van der Waals surface area (Å²) in [6.45, 7) is 8.10. The largest absolute Gasteiger partial charge is 0.338 e. The second-order valence-electron chi connectivity index (χ2n) is 6.19. The average molecular weight is 316 g/mol. The van der Waals surface area contributed by atoms with E-state index in [1.54, 1.807) is 10.9 Å². The molecule has 2 amide bonds. The van der Waals surface area contributed by atoms with Gasteiger partial charge in [0.2, 0.25) is 0 Å². The van der Waals surface area contributed by atoms with Crippen LogP contribution in [-0.4, -0.2) is 51.9 Å². The van der Waals surface area contributed by atoms with Gasteiger partial charge in [-0.2, -0.15) is 5.10 Å². The Kier molecular flexibility index (Phi) is 4.47. The maximum absolute atomic E-state index is 12.1. The summed E-state index contributed by atoms with van der Waals surface area (Å²) in [5, 5.41) is 11.1. The van der Waals surface area contributed by atoms with E-state index in [9.17, 15) is 4.79 Å². The zero-order valence-corrected chi connectivity index (χ0v) is 14.0. The third kappa shape index (κ3) is 3.44. The highest BCUT2D eigenvalue weighted by molar-refractivity contribution is 5.92. The van der Waals surface area contributed by atoms with Crippen LogP contribution in [0.2, 0.25) is 0 Å². The third-order valence-corrected chi connectivity index (χ3v) is 4.49. The average Bonchev–Trinajstić information content (AvgIpc) is 3.10. The molecule has 1 atom stereocenters. The Hall–Kier alpha value is -2.15. The molecule has 23 heavy (non-hydrogen) atoms. The van der Waals surface area contributed by atoms with Crippen molar-refractivity contribution in [2.24, 2.45) is 13.0 Å². The zero-order chi connectivity index (χ0) is 16.4. The smallest absolute Gasteiger partial charge is 0.319 e. The Labute approximate surface area is 136 Å². The predicted molar refractivity (Wildman–Crippen MR) is 90.5 cm³/mol. The minimum absolute atomic E-state index is 0.178. The van der Waals surface area contributed by atoms with Gasteiger partial charge in [-0.05, 0) is 38.4 Å². The first-order valence-corrected chi connectivity index (χ1v) is 8.13. The lowest BCUT2D eigenvalue weighted by Crippen LogP contribution is -2.34. The molecule has 0 aromatic carbocycles. The van der Waals surface area contributed by atoms with Gasteiger partial charge in [0.25, 0.3) is 0 Å². The number of aromatic nitrogens is 3. The van der Waals surface area contributed by atoms with E-state index in [2.05, 4.69) is 32.5 Å². The quantitative estimate of drug-likeness (QED) is 0.901. The van der Waals surface area contributed by atoms with Crippen molar-refractivity contribution in [2.75, 3.05) is 31.5 Å². The van der Waals surface area contributed by atoms with Gasteiger partial charge in [0.1, 0.15) is 0 Å². The first-order valence-electron chi connectivity index (χ1n) is 8.13. The van der Waals surface area contributed by atoms with Crippen molar-refractivity contribution in [2.45, 2.75) is 20.3 Å². The number of hydrogen-bond donors (Lipinski definition) is 2. The van der Waals surface area contributed by atoms with Crippen LogP contribution in [0.15, 0.2) is 12.3 Å². The highest BCUT2D eigenvalue weighted by Crippen LogP contribution is 2.19. The maximum Gasteiger partial charge on any atom is 0.319 e. The van der Waals surface area contributed by atoms with Crippen LogP contribution in [0.4, 0.5) is 10.5 Å². The molecule has 7 heteroatoms. The van der Waals surface area contributed by atoms with Gasteiger partial charge in [0.15, 0.2) is 5.65 Å². The third-order valence-electron chi connectivity index (χ3n) is 4.49. The Morgan fingerprint density at radius 1 is 1.48 bits per heavy atom. The summed E-state index contributed by atoms with van der Waals surface area (Å²) in [7, 11) is 1.86. The fourth-order valence-electron chi connectivity index (χ4n) is 3.16. The lowest BCUT2D eigenvalue weighted by atomic mass is 10.1. The topological polar surface area (TPSA) is 75.1 Å². The second-order valence-corrected chi connectivity index (χ2v) is 6.19. The standard InChI is InChI=1S/C16H24N6O/c1-4-22-6-5-12(10-22)8-18-16(23)19-13-7-14-11(2)20-21(3)15(14)17-9-13/h7,9,12H,4-6,8,10H2,1-3H3,(H2,18,19,23)/t12-/m1/s1. The number of fused-ring (bicyclic) bond motifs is 1. The van der Waals surface area contributed by atoms with E-state index in [-0.39, 0.29) is 6.03 Å². The molecule has 2 aromatic rings. The molecule has 7 nitrogen and oxygen atoms in total. The number of nitrogens with zero attached hydrogens (tertiary/aromatic N) is 4. The summed E-state index contributed by atoms with van der Waals surface area (Å²) in [4.78, 5) is 18.8. The lowest BCUT2D eigenvalue weighted by molar-refractivity contribution is 0.250. The molecule has 2 N–H and O–H groups in total. The van der Waals surface area contributed by atoms with Gasteiger partial charge in [-0.3, -0.25) is 4.68 Å². The number of carbonyl (C=O) groups excluding carboxylic acids is 1. The number of amides is 2. The minimum Gasteiger partial charge on any atom is -0.338 e. The molecule has 0 unspecified atom stereocenters. The molecule has 0 spiro atoms. The first kappa shape index (κ1) is 15.7. The van der Waals surface area contributed by atoms with Gasteiger partial charge in [-0.15, -0.1) is 0 Å². The molecule has 3 heterocycles. The molecule has 0 radical (unpaired) electrons. The van der Waals surface area contributed by atoms with Crippen molar-refractivity contribution in [3.63, 3.8) is 0 Å². The summed E-state index contributed by atoms with van der Waals surface area (Å²) < 4.78 is 1.74. The Morgan fingerprint density at radius 3 is 3.04 bits per heavy atom. The Morgan fingerprint density at radius 2 is 2.30 bits per heavy atom. The van der Waals surface area contributed by atoms with Gasteiger partial charge in [-0.25, -0.2) is 9.78 Å². The second kappa shape index (κ2) is 6.54. The molecule has 2 aromatic heterocycles. The van der Waals surface area contributed by atoms with E-state index in [1.165, 1.54) is 0 Å². The monoisotopic (exact) mass is 316 g/mol. The van der Waals surface area contributed by atoms with Gasteiger partial charge in [-0.1, -0.05) is 6.92 Å². The van der Waals surface area contributed by atoms with Crippen LogP contribution in [0.3, 0.4) is 0 Å². The van der Waals surface area contributed by atoms with Gasteiger partial charge in [0.05, 0.1) is 17.6 Å². The highest BCUT2D eigenvalue weighted by Gasteiger charge is 2.21. The molecule has 3 rings (SSSR count). The summed E-state index contributed by atoms with van der Waals surface area (Å²) in [6, 6.07) is 1.74. The van der Waals surface area contributed by atoms with Crippen molar-refractivity contribution in [1.29, 1.82) is 0 Å². The summed E-state index contributed by atoms with van der Waals surface area (Å²) in [6.07, 6.45) is 2.81. The number of pyridine rings is 1. The number of carbonyl (C=O) groups is 1. The fraction of sp³-hybridized carbons (Fsp3) is 0.562. The van der Waals surface area contributed by atoms with Crippen LogP contribution in [0.1, 0.15) is 19.0 Å². The van der Waals surface area contributed by atoms with Crippen LogP contribution >= 0.6 is 0 Å². The van der Waals surface area contributed by atoms with E-state index >= 15 is 0 Å². The molecule has 1 fully saturated rings. The highest BCUT2D eigenvalue weighted by atomic mass is 16.2. The number of urea groups is 1. The first-order chi connectivity index (χ1) is 11.1. The molecular weight excluding hydrogens is 292 g/mol. The van der Waals surface area contributed by atoms with Crippen LogP contribution in [0.5, 0.6) is 0 Å². The van der Waals surface area contributed by atoms with Crippen LogP contribution in [0, 0.1) is 12.8 Å². The molecule has 1 aliphatic rings. The van der Waals surface area contributed by atoms with Crippen molar-refractivity contribution >= 4 is 22.8 Å². The van der Waals surface area contributed by atoms with Gasteiger partial charge < -0.3 is 15.5 Å². The van der Waals surface area contributed by atoms with Gasteiger partial charge in [0, 0.05) is 25.5 Å². The molecule has 1 saturated heterocycles. The summed E-state index contributed by atoms with van der Waals surface area (Å²) in [5.74, 6) is 0.543. The number of aryl methyl sites for hydroxylation is 2. The molecule has 0 saturated carbocycles. The Balaban J connectivity index is 1.56. The summed E-state index contributed by atoms with van der Waals surface area (Å²) in [5.41, 5.74) is 2.41. The fourth-order valence-corrected chi connectivity index (χ4v) is 3.16. The van der Waals surface area contributed by atoms with Crippen LogP contribution in [0.25, 0.3) is 11.0 Å². The van der Waals surface area contributed by atoms with Crippen molar-refractivity contribution in [3.8, 4) is 0 Å². The van der Waals surface area contributed by atoms with Crippen molar-refractivity contribution in [1.82, 2.24) is 25.0 Å². The molecule has 124 valence electrons. The van der Waals surface area contributed by atoms with Crippen LogP contribution in [-0.2, 0) is 7.05 Å². The lowest BCUT2D eigenvalue weighted by Gasteiger charge is -2.14. The zero-order valence-electron chi connectivity index (χ0n) is 14.0. The number of anilines is 1. The number of rotatable bonds is 4. The van der Waals surface area contributed by atoms with Crippen molar-refractivity contribution in [3.05, 3.63) is 18.0 Å². The SMILES string of the molecule is CCN1CC[C@H](CNC(=O)Nc2cnc3c(c2)c(C)nn3C)C1. The minimum atomic E-state index is -0.178. The predicted octanol–water partition coefficient (Wildman–Crippen LogP) is 1.74. The van der Waals surface area contributed by atoms with E-state index in [0.717, 1.165) is 42.8 Å². The Bertz CT molecular complexity index is 710. The summed E-state index contributed by atoms with van der Waals surface area (Å²) >= 11 is 0. The van der Waals surface area contributed by atoms with Crippen molar-refractivity contribution < 1.29 is 4.79 Å². The van der Waals surface area contributed by atoms with Crippen LogP contribution < -0.4 is 10.6 Å². The number of nitrogens with one attached hydrogen (secondary N) is 2.